The van der Waals surface area contributed by atoms with E-state index >= 15 is 0 Å². The van der Waals surface area contributed by atoms with Crippen molar-refractivity contribution < 1.29 is 24.2 Å². The number of methoxy groups -OCH3 is 1. The van der Waals surface area contributed by atoms with E-state index in [-0.39, 0.29) is 17.1 Å². The molecular formula is C18H18N2O5. The topological polar surface area (TPSA) is 108 Å². The summed E-state index contributed by atoms with van der Waals surface area (Å²) < 4.78 is 5.16. The Morgan fingerprint density at radius 2 is 2.04 bits per heavy atom. The maximum atomic E-state index is 12.6. The second-order valence-corrected chi connectivity index (χ2v) is 5.93. The number of benzene rings is 1. The summed E-state index contributed by atoms with van der Waals surface area (Å²) in [6.07, 6.45) is 2.01. The molecule has 1 aromatic carbocycles. The van der Waals surface area contributed by atoms with Crippen LogP contribution in [-0.4, -0.2) is 34.9 Å². The van der Waals surface area contributed by atoms with Crippen molar-refractivity contribution in [3.63, 3.8) is 0 Å². The largest absolute Gasteiger partial charge is 0.495 e. The highest BCUT2D eigenvalue weighted by atomic mass is 16.5. The van der Waals surface area contributed by atoms with E-state index in [9.17, 15) is 14.4 Å². The third-order valence-corrected chi connectivity index (χ3v) is 4.36. The average Bonchev–Trinajstić information content (AvgIpc) is 2.93. The highest BCUT2D eigenvalue weighted by Gasteiger charge is 2.26. The predicted octanol–water partition coefficient (Wildman–Crippen LogP) is 2.80. The van der Waals surface area contributed by atoms with Crippen LogP contribution in [0.15, 0.2) is 18.2 Å². The Kier molecular flexibility index (Phi) is 4.31. The summed E-state index contributed by atoms with van der Waals surface area (Å²) in [5.74, 6) is -1.18. The van der Waals surface area contributed by atoms with E-state index in [4.69, 9.17) is 9.84 Å². The van der Waals surface area contributed by atoms with Crippen LogP contribution in [0.5, 0.6) is 5.75 Å². The van der Waals surface area contributed by atoms with Gasteiger partial charge in [-0.15, -0.1) is 0 Å². The number of fused-ring (bicyclic) bond motifs is 1. The van der Waals surface area contributed by atoms with Gasteiger partial charge in [0.1, 0.15) is 11.4 Å². The molecule has 1 aliphatic rings. The second kappa shape index (κ2) is 6.43. The van der Waals surface area contributed by atoms with Gasteiger partial charge < -0.3 is 20.1 Å². The van der Waals surface area contributed by atoms with Gasteiger partial charge in [-0.1, -0.05) is 0 Å². The van der Waals surface area contributed by atoms with Crippen LogP contribution in [0.1, 0.15) is 55.3 Å². The molecule has 2 aromatic rings. The fraction of sp³-hybridized carbons (Fsp3) is 0.278. The minimum Gasteiger partial charge on any atom is -0.495 e. The molecule has 0 spiro atoms. The Labute approximate surface area is 144 Å². The lowest BCUT2D eigenvalue weighted by molar-refractivity contribution is 0.0696. The normalized spacial score (nSPS) is 13.3. The van der Waals surface area contributed by atoms with Crippen LogP contribution < -0.4 is 10.1 Å². The number of aryl methyl sites for hydroxylation is 1. The lowest BCUT2D eigenvalue weighted by Crippen LogP contribution is -2.15. The number of anilines is 1. The molecule has 1 heterocycles. The van der Waals surface area contributed by atoms with Crippen LogP contribution in [0, 0.1) is 6.92 Å². The van der Waals surface area contributed by atoms with Gasteiger partial charge in [-0.25, -0.2) is 4.79 Å². The third-order valence-electron chi connectivity index (χ3n) is 4.36. The van der Waals surface area contributed by atoms with Crippen LogP contribution in [0.4, 0.5) is 5.69 Å². The maximum Gasteiger partial charge on any atom is 0.335 e. The Balaban J connectivity index is 1.91. The molecule has 7 heteroatoms. The summed E-state index contributed by atoms with van der Waals surface area (Å²) in [6, 6.07) is 4.20. The number of carboxylic acids is 1. The number of amides is 1. The smallest absolute Gasteiger partial charge is 0.335 e. The van der Waals surface area contributed by atoms with Crippen molar-refractivity contribution in [3.8, 4) is 5.75 Å². The zero-order chi connectivity index (χ0) is 18.1. The van der Waals surface area contributed by atoms with E-state index in [1.165, 1.54) is 25.3 Å². The van der Waals surface area contributed by atoms with Crippen LogP contribution in [0.25, 0.3) is 0 Å². The maximum absolute atomic E-state index is 12.6. The van der Waals surface area contributed by atoms with Crippen LogP contribution in [-0.2, 0) is 6.42 Å². The number of carbonyl (C=O) groups is 3. The fourth-order valence-electron chi connectivity index (χ4n) is 3.11. The number of carboxylic acid groups (broad SMARTS) is 1. The number of aromatic nitrogens is 1. The summed E-state index contributed by atoms with van der Waals surface area (Å²) in [4.78, 5) is 38.8. The predicted molar refractivity (Wildman–Crippen MR) is 90.7 cm³/mol. The number of carbonyl (C=O) groups excluding carboxylic acids is 2. The van der Waals surface area contributed by atoms with Crippen molar-refractivity contribution >= 4 is 23.3 Å². The number of H-pyrrole nitrogens is 1. The first-order chi connectivity index (χ1) is 11.9. The molecule has 0 aliphatic heterocycles. The van der Waals surface area contributed by atoms with E-state index in [2.05, 4.69) is 10.3 Å². The number of rotatable bonds is 4. The molecule has 0 radical (unpaired) electrons. The molecule has 0 saturated heterocycles. The van der Waals surface area contributed by atoms with Crippen molar-refractivity contribution in [1.82, 2.24) is 4.98 Å². The molecular weight excluding hydrogens is 324 g/mol. The molecule has 0 saturated carbocycles. The summed E-state index contributed by atoms with van der Waals surface area (Å²) in [5, 5.41) is 11.7. The molecule has 3 rings (SSSR count). The zero-order valence-electron chi connectivity index (χ0n) is 13.9. The van der Waals surface area contributed by atoms with Crippen LogP contribution in [0.3, 0.4) is 0 Å². The summed E-state index contributed by atoms with van der Waals surface area (Å²) in [6.45, 7) is 1.75. The lowest BCUT2D eigenvalue weighted by atomic mass is 9.94. The molecule has 0 atom stereocenters. The van der Waals surface area contributed by atoms with Gasteiger partial charge in [0.25, 0.3) is 5.91 Å². The van der Waals surface area contributed by atoms with E-state index in [1.807, 2.05) is 0 Å². The van der Waals surface area contributed by atoms with Gasteiger partial charge in [0.2, 0.25) is 0 Å². The van der Waals surface area contributed by atoms with Gasteiger partial charge >= 0.3 is 5.97 Å². The summed E-state index contributed by atoms with van der Waals surface area (Å²) in [5.41, 5.74) is 2.81. The molecule has 1 amide bonds. The van der Waals surface area contributed by atoms with Gasteiger partial charge in [0.15, 0.2) is 5.78 Å². The van der Waals surface area contributed by atoms with Crippen molar-refractivity contribution in [2.24, 2.45) is 0 Å². The fourth-order valence-corrected chi connectivity index (χ4v) is 3.11. The Bertz CT molecular complexity index is 882. The molecule has 7 nitrogen and oxygen atoms in total. The molecule has 0 fully saturated rings. The minimum absolute atomic E-state index is 0.0532. The molecule has 0 unspecified atom stereocenters. The number of nitrogens with one attached hydrogen (secondary N) is 2. The Morgan fingerprint density at radius 3 is 2.68 bits per heavy atom. The standard InChI is InChI=1S/C18H18N2O5/c1-9-15-12(4-3-5-13(15)21)19-16(9)17(22)20-11-7-6-10(18(23)24)8-14(11)25-2/h6-8,19H,3-5H2,1-2H3,(H,20,22)(H,23,24). The second-order valence-electron chi connectivity index (χ2n) is 5.93. The van der Waals surface area contributed by atoms with E-state index in [0.717, 1.165) is 18.5 Å². The van der Waals surface area contributed by atoms with Gasteiger partial charge in [-0.2, -0.15) is 0 Å². The van der Waals surface area contributed by atoms with E-state index < -0.39 is 11.9 Å². The lowest BCUT2D eigenvalue weighted by Gasteiger charge is -2.11. The van der Waals surface area contributed by atoms with Gasteiger partial charge in [0.05, 0.1) is 18.4 Å². The summed E-state index contributed by atoms with van der Waals surface area (Å²) in [7, 11) is 1.40. The number of Topliss-reactive ketones (excluding diaryl/α,β-unsaturated/α-hetero) is 1. The number of ether oxygens (including phenoxy) is 1. The molecule has 3 N–H and O–H groups in total. The summed E-state index contributed by atoms with van der Waals surface area (Å²) >= 11 is 0. The number of ketones is 1. The number of hydrogen-bond donors (Lipinski definition) is 3. The van der Waals surface area contributed by atoms with E-state index in [1.54, 1.807) is 6.92 Å². The Hall–Kier alpha value is -3.09. The molecule has 25 heavy (non-hydrogen) atoms. The van der Waals surface area contributed by atoms with Gasteiger partial charge in [-0.05, 0) is 43.5 Å². The highest BCUT2D eigenvalue weighted by molar-refractivity contribution is 6.09. The van der Waals surface area contributed by atoms with Crippen LogP contribution in [0.2, 0.25) is 0 Å². The van der Waals surface area contributed by atoms with Gasteiger partial charge in [-0.3, -0.25) is 9.59 Å². The first-order valence-corrected chi connectivity index (χ1v) is 7.89. The molecule has 1 aliphatic carbocycles. The highest BCUT2D eigenvalue weighted by Crippen LogP contribution is 2.29. The molecule has 130 valence electrons. The van der Waals surface area contributed by atoms with Crippen LogP contribution >= 0.6 is 0 Å². The third kappa shape index (κ3) is 3.00. The quantitative estimate of drug-likeness (QED) is 0.792. The number of aromatic amines is 1. The first kappa shape index (κ1) is 16.8. The zero-order valence-corrected chi connectivity index (χ0v) is 13.9. The van der Waals surface area contributed by atoms with E-state index in [0.29, 0.717) is 28.9 Å². The Morgan fingerprint density at radius 1 is 1.28 bits per heavy atom. The SMILES string of the molecule is COc1cc(C(=O)O)ccc1NC(=O)c1[nH]c2c(c1C)C(=O)CCC2. The molecule has 0 bridgehead atoms. The van der Waals surface area contributed by atoms with Crippen molar-refractivity contribution in [2.45, 2.75) is 26.2 Å². The van der Waals surface area contributed by atoms with Gasteiger partial charge in [0, 0.05) is 17.7 Å². The monoisotopic (exact) mass is 342 g/mol. The van der Waals surface area contributed by atoms with Crippen molar-refractivity contribution in [3.05, 3.63) is 46.3 Å². The number of aromatic carboxylic acids is 1. The average molecular weight is 342 g/mol. The van der Waals surface area contributed by atoms with Crippen molar-refractivity contribution in [2.75, 3.05) is 12.4 Å². The minimum atomic E-state index is -1.08. The van der Waals surface area contributed by atoms with Crippen molar-refractivity contribution in [1.29, 1.82) is 0 Å². The molecule has 1 aromatic heterocycles. The first-order valence-electron chi connectivity index (χ1n) is 7.89. The number of hydrogen-bond acceptors (Lipinski definition) is 4.